The molecule has 2 N–H and O–H groups in total. The summed E-state index contributed by atoms with van der Waals surface area (Å²) in [7, 11) is -3.18. The van der Waals surface area contributed by atoms with Crippen molar-refractivity contribution in [1.29, 1.82) is 0 Å². The molecule has 0 fully saturated rings. The second kappa shape index (κ2) is 4.96. The maximum atomic E-state index is 11.6. The molecule has 0 aliphatic carbocycles. The van der Waals surface area contributed by atoms with Crippen LogP contribution in [0.1, 0.15) is 19.4 Å². The van der Waals surface area contributed by atoms with Crippen molar-refractivity contribution in [3.63, 3.8) is 0 Å². The Labute approximate surface area is 108 Å². The highest BCUT2D eigenvalue weighted by molar-refractivity contribution is 7.92. The van der Waals surface area contributed by atoms with E-state index in [0.717, 1.165) is 5.56 Å². The van der Waals surface area contributed by atoms with E-state index in [4.69, 9.17) is 17.3 Å². The molecule has 1 aromatic carbocycles. The van der Waals surface area contributed by atoms with Crippen LogP contribution < -0.4 is 5.73 Å². The zero-order valence-electron chi connectivity index (χ0n) is 10.3. The lowest BCUT2D eigenvalue weighted by atomic mass is 9.96. The average molecular weight is 276 g/mol. The van der Waals surface area contributed by atoms with E-state index in [0.29, 0.717) is 11.4 Å². The van der Waals surface area contributed by atoms with E-state index in [9.17, 15) is 8.42 Å². The van der Waals surface area contributed by atoms with E-state index in [1.165, 1.54) is 6.26 Å². The SMILES string of the molecule is CC(C)(C(N)Cc1ccc(Cl)cc1)S(C)(=O)=O. The predicted octanol–water partition coefficient (Wildman–Crippen LogP) is 2.03. The molecular weight excluding hydrogens is 258 g/mol. The van der Waals surface area contributed by atoms with Crippen LogP contribution in [0, 0.1) is 0 Å². The largest absolute Gasteiger partial charge is 0.326 e. The third-order valence-corrected chi connectivity index (χ3v) is 5.68. The average Bonchev–Trinajstić information content (AvgIpc) is 2.19. The smallest absolute Gasteiger partial charge is 0.154 e. The molecule has 1 unspecified atom stereocenters. The molecule has 0 aliphatic heterocycles. The van der Waals surface area contributed by atoms with Gasteiger partial charge in [0.1, 0.15) is 0 Å². The first-order chi connectivity index (χ1) is 7.64. The van der Waals surface area contributed by atoms with Gasteiger partial charge in [-0.05, 0) is 38.0 Å². The van der Waals surface area contributed by atoms with Crippen LogP contribution in [-0.4, -0.2) is 25.5 Å². The highest BCUT2D eigenvalue weighted by atomic mass is 35.5. The second-order valence-corrected chi connectivity index (χ2v) is 7.85. The van der Waals surface area contributed by atoms with Gasteiger partial charge in [0.25, 0.3) is 0 Å². The summed E-state index contributed by atoms with van der Waals surface area (Å²) < 4.78 is 22.3. The third kappa shape index (κ3) is 3.44. The molecule has 1 rings (SSSR count). The molecule has 1 atom stereocenters. The van der Waals surface area contributed by atoms with E-state index < -0.39 is 20.6 Å². The summed E-state index contributed by atoms with van der Waals surface area (Å²) in [5.41, 5.74) is 6.98. The minimum Gasteiger partial charge on any atom is -0.326 e. The molecule has 17 heavy (non-hydrogen) atoms. The topological polar surface area (TPSA) is 60.2 Å². The molecule has 0 heterocycles. The van der Waals surface area contributed by atoms with Crippen LogP contribution in [0.2, 0.25) is 5.02 Å². The summed E-state index contributed by atoms with van der Waals surface area (Å²) in [6, 6.07) is 6.83. The maximum absolute atomic E-state index is 11.6. The van der Waals surface area contributed by atoms with Gasteiger partial charge in [-0.3, -0.25) is 0 Å². The molecule has 0 spiro atoms. The van der Waals surface area contributed by atoms with Crippen LogP contribution in [0.15, 0.2) is 24.3 Å². The highest BCUT2D eigenvalue weighted by Crippen LogP contribution is 2.22. The van der Waals surface area contributed by atoms with Crippen molar-refractivity contribution in [3.05, 3.63) is 34.9 Å². The molecule has 0 aromatic heterocycles. The molecule has 0 amide bonds. The summed E-state index contributed by atoms with van der Waals surface area (Å²) in [4.78, 5) is 0. The van der Waals surface area contributed by atoms with E-state index in [1.807, 2.05) is 12.1 Å². The molecule has 0 saturated carbocycles. The Morgan fingerprint density at radius 2 is 1.76 bits per heavy atom. The van der Waals surface area contributed by atoms with Crippen LogP contribution in [0.4, 0.5) is 0 Å². The number of hydrogen-bond donors (Lipinski definition) is 1. The molecule has 1 aromatic rings. The minimum atomic E-state index is -3.18. The quantitative estimate of drug-likeness (QED) is 0.915. The Bertz CT molecular complexity index is 480. The Morgan fingerprint density at radius 3 is 2.18 bits per heavy atom. The maximum Gasteiger partial charge on any atom is 0.154 e. The first-order valence-electron chi connectivity index (χ1n) is 5.34. The summed E-state index contributed by atoms with van der Waals surface area (Å²) >= 11 is 5.78. The molecule has 0 saturated heterocycles. The molecule has 96 valence electrons. The summed E-state index contributed by atoms with van der Waals surface area (Å²) in [6.07, 6.45) is 1.73. The van der Waals surface area contributed by atoms with Gasteiger partial charge in [0.05, 0.1) is 4.75 Å². The van der Waals surface area contributed by atoms with Gasteiger partial charge in [-0.25, -0.2) is 8.42 Å². The number of rotatable bonds is 4. The van der Waals surface area contributed by atoms with Crippen molar-refractivity contribution < 1.29 is 8.42 Å². The summed E-state index contributed by atoms with van der Waals surface area (Å²) in [6.45, 7) is 3.31. The van der Waals surface area contributed by atoms with Gasteiger partial charge in [-0.15, -0.1) is 0 Å². The highest BCUT2D eigenvalue weighted by Gasteiger charge is 2.36. The van der Waals surface area contributed by atoms with Crippen molar-refractivity contribution in [2.45, 2.75) is 31.1 Å². The standard InChI is InChI=1S/C12H18ClNO2S/c1-12(2,17(3,15)16)11(14)8-9-4-6-10(13)7-5-9/h4-7,11H,8,14H2,1-3H3. The van der Waals surface area contributed by atoms with Gasteiger partial charge in [0.15, 0.2) is 9.84 Å². The normalized spacial score (nSPS) is 14.6. The van der Waals surface area contributed by atoms with Crippen molar-refractivity contribution in [2.75, 3.05) is 6.26 Å². The van der Waals surface area contributed by atoms with Crippen LogP contribution >= 0.6 is 11.6 Å². The number of halogens is 1. The molecule has 0 bridgehead atoms. The van der Waals surface area contributed by atoms with Crippen molar-refractivity contribution >= 4 is 21.4 Å². The van der Waals surface area contributed by atoms with Gasteiger partial charge < -0.3 is 5.73 Å². The number of sulfone groups is 1. The third-order valence-electron chi connectivity index (χ3n) is 3.22. The van der Waals surface area contributed by atoms with E-state index in [1.54, 1.807) is 26.0 Å². The molecule has 0 radical (unpaired) electrons. The van der Waals surface area contributed by atoms with Gasteiger partial charge in [0.2, 0.25) is 0 Å². The predicted molar refractivity (Wildman–Crippen MR) is 72.1 cm³/mol. The number of nitrogens with two attached hydrogens (primary N) is 1. The summed E-state index contributed by atoms with van der Waals surface area (Å²) in [5.74, 6) is 0. The second-order valence-electron chi connectivity index (χ2n) is 4.81. The van der Waals surface area contributed by atoms with Crippen LogP contribution in [0.5, 0.6) is 0 Å². The lowest BCUT2D eigenvalue weighted by Crippen LogP contribution is -2.49. The first-order valence-corrected chi connectivity index (χ1v) is 7.61. The minimum absolute atomic E-state index is 0.446. The van der Waals surface area contributed by atoms with Crippen LogP contribution in [0.3, 0.4) is 0 Å². The van der Waals surface area contributed by atoms with Crippen molar-refractivity contribution in [1.82, 2.24) is 0 Å². The zero-order valence-corrected chi connectivity index (χ0v) is 11.8. The fraction of sp³-hybridized carbons (Fsp3) is 0.500. The number of benzene rings is 1. The molecular formula is C12H18ClNO2S. The van der Waals surface area contributed by atoms with Crippen molar-refractivity contribution in [2.24, 2.45) is 5.73 Å². The van der Waals surface area contributed by atoms with Crippen LogP contribution in [-0.2, 0) is 16.3 Å². The fourth-order valence-electron chi connectivity index (χ4n) is 1.40. The van der Waals surface area contributed by atoms with E-state index >= 15 is 0 Å². The van der Waals surface area contributed by atoms with E-state index in [2.05, 4.69) is 0 Å². The lowest BCUT2D eigenvalue weighted by molar-refractivity contribution is 0.482. The Hall–Kier alpha value is -0.580. The Kier molecular flexibility index (Phi) is 4.23. The Morgan fingerprint density at radius 1 is 1.29 bits per heavy atom. The van der Waals surface area contributed by atoms with Crippen molar-refractivity contribution in [3.8, 4) is 0 Å². The fourth-order valence-corrected chi connectivity index (χ4v) is 2.15. The molecule has 3 nitrogen and oxygen atoms in total. The van der Waals surface area contributed by atoms with Gasteiger partial charge in [0, 0.05) is 17.3 Å². The van der Waals surface area contributed by atoms with Gasteiger partial charge >= 0.3 is 0 Å². The molecule has 0 aliphatic rings. The summed E-state index contributed by atoms with van der Waals surface area (Å²) in [5, 5.41) is 0.657. The Balaban J connectivity index is 2.86. The zero-order chi connectivity index (χ0) is 13.3. The van der Waals surface area contributed by atoms with E-state index in [-0.39, 0.29) is 0 Å². The van der Waals surface area contributed by atoms with Gasteiger partial charge in [-0.2, -0.15) is 0 Å². The van der Waals surface area contributed by atoms with Gasteiger partial charge in [-0.1, -0.05) is 23.7 Å². The van der Waals surface area contributed by atoms with Crippen LogP contribution in [0.25, 0.3) is 0 Å². The lowest BCUT2D eigenvalue weighted by Gasteiger charge is -2.29. The monoisotopic (exact) mass is 275 g/mol. The number of hydrogen-bond acceptors (Lipinski definition) is 3. The molecule has 5 heteroatoms. The first kappa shape index (κ1) is 14.5.